The topological polar surface area (TPSA) is 126 Å². The summed E-state index contributed by atoms with van der Waals surface area (Å²) in [5.74, 6) is -1.01. The molecule has 10 nitrogen and oxygen atoms in total. The lowest BCUT2D eigenvalue weighted by Crippen LogP contribution is -2.21. The summed E-state index contributed by atoms with van der Waals surface area (Å²) in [5, 5.41) is 13.9. The average Bonchev–Trinajstić information content (AvgIpc) is 2.72. The lowest BCUT2D eigenvalue weighted by molar-refractivity contribution is -0.385. The van der Waals surface area contributed by atoms with Crippen molar-refractivity contribution < 1.29 is 33.5 Å². The van der Waals surface area contributed by atoms with Crippen molar-refractivity contribution in [2.24, 2.45) is 0 Å². The van der Waals surface area contributed by atoms with Crippen LogP contribution in [0.15, 0.2) is 36.4 Å². The molecule has 0 saturated heterocycles. The SMILES string of the molecule is CCOc1cc([N+](=O)[O-])c(C(=O)OCC(=O)Nc2ccccc2OC)cc1OC. The number of rotatable bonds is 9. The van der Waals surface area contributed by atoms with Crippen LogP contribution in [0.4, 0.5) is 11.4 Å². The van der Waals surface area contributed by atoms with E-state index in [1.54, 1.807) is 31.2 Å². The van der Waals surface area contributed by atoms with Gasteiger partial charge in [-0.15, -0.1) is 0 Å². The number of ether oxygens (including phenoxy) is 4. The van der Waals surface area contributed by atoms with Crippen molar-refractivity contribution in [2.75, 3.05) is 32.8 Å². The van der Waals surface area contributed by atoms with Gasteiger partial charge < -0.3 is 24.3 Å². The molecule has 0 aromatic heterocycles. The van der Waals surface area contributed by atoms with Gasteiger partial charge in [0.1, 0.15) is 11.3 Å². The quantitative estimate of drug-likeness (QED) is 0.384. The number of nitrogens with zero attached hydrogens (tertiary/aromatic N) is 1. The van der Waals surface area contributed by atoms with Gasteiger partial charge in [-0.25, -0.2) is 4.79 Å². The van der Waals surface area contributed by atoms with E-state index in [0.717, 1.165) is 12.1 Å². The maximum atomic E-state index is 12.4. The molecule has 0 spiro atoms. The largest absolute Gasteiger partial charge is 0.495 e. The summed E-state index contributed by atoms with van der Waals surface area (Å²) in [5.41, 5.74) is -0.491. The zero-order valence-electron chi connectivity index (χ0n) is 16.1. The number of hydrogen-bond acceptors (Lipinski definition) is 8. The summed E-state index contributed by atoms with van der Waals surface area (Å²) < 4.78 is 20.4. The highest BCUT2D eigenvalue weighted by molar-refractivity contribution is 5.98. The molecule has 0 aliphatic carbocycles. The number of nitro groups is 1. The number of carbonyl (C=O) groups excluding carboxylic acids is 2. The maximum absolute atomic E-state index is 12.4. The fraction of sp³-hybridized carbons (Fsp3) is 0.263. The zero-order chi connectivity index (χ0) is 21.4. The molecule has 0 radical (unpaired) electrons. The monoisotopic (exact) mass is 404 g/mol. The summed E-state index contributed by atoms with van der Waals surface area (Å²) in [6.07, 6.45) is 0. The molecule has 0 atom stereocenters. The van der Waals surface area contributed by atoms with Crippen LogP contribution >= 0.6 is 0 Å². The van der Waals surface area contributed by atoms with Crippen LogP contribution in [0, 0.1) is 10.1 Å². The number of carbonyl (C=O) groups is 2. The Hall–Kier alpha value is -3.82. The molecule has 0 bridgehead atoms. The Kier molecular flexibility index (Phi) is 7.35. The Labute approximate surface area is 166 Å². The molecule has 1 N–H and O–H groups in total. The van der Waals surface area contributed by atoms with Gasteiger partial charge >= 0.3 is 5.97 Å². The highest BCUT2D eigenvalue weighted by Gasteiger charge is 2.26. The zero-order valence-corrected chi connectivity index (χ0v) is 16.1. The molecule has 0 saturated carbocycles. The summed E-state index contributed by atoms with van der Waals surface area (Å²) in [7, 11) is 2.78. The summed E-state index contributed by atoms with van der Waals surface area (Å²) in [6, 6.07) is 8.90. The molecule has 10 heteroatoms. The Morgan fingerprint density at radius 1 is 1.07 bits per heavy atom. The van der Waals surface area contributed by atoms with Gasteiger partial charge in [-0.1, -0.05) is 12.1 Å². The van der Waals surface area contributed by atoms with Gasteiger partial charge in [-0.05, 0) is 19.1 Å². The fourth-order valence-electron chi connectivity index (χ4n) is 2.43. The van der Waals surface area contributed by atoms with E-state index < -0.39 is 29.1 Å². The van der Waals surface area contributed by atoms with Gasteiger partial charge in [0.25, 0.3) is 11.6 Å². The number of nitro benzene ring substituents is 1. The van der Waals surface area contributed by atoms with Crippen LogP contribution in [0.1, 0.15) is 17.3 Å². The van der Waals surface area contributed by atoms with Crippen LogP contribution in [0.2, 0.25) is 0 Å². The van der Waals surface area contributed by atoms with Crippen molar-refractivity contribution in [3.8, 4) is 17.2 Å². The lowest BCUT2D eigenvalue weighted by atomic mass is 10.1. The molecular formula is C19H20N2O8. The normalized spacial score (nSPS) is 10.0. The molecule has 2 aromatic carbocycles. The van der Waals surface area contributed by atoms with Crippen molar-refractivity contribution in [1.82, 2.24) is 0 Å². The Morgan fingerprint density at radius 2 is 1.76 bits per heavy atom. The number of para-hydroxylation sites is 2. The van der Waals surface area contributed by atoms with Crippen molar-refractivity contribution in [1.29, 1.82) is 0 Å². The standard InChI is InChI=1S/C19H20N2O8/c1-4-28-17-10-14(21(24)25)12(9-16(17)27-3)19(23)29-11-18(22)20-13-7-5-6-8-15(13)26-2/h5-10H,4,11H2,1-3H3,(H,20,22). The van der Waals surface area contributed by atoms with Gasteiger partial charge in [0.05, 0.1) is 37.5 Å². The number of hydrogen-bond donors (Lipinski definition) is 1. The van der Waals surface area contributed by atoms with E-state index in [2.05, 4.69) is 5.32 Å². The predicted octanol–water partition coefficient (Wildman–Crippen LogP) is 2.81. The van der Waals surface area contributed by atoms with E-state index in [9.17, 15) is 19.7 Å². The first-order chi connectivity index (χ1) is 13.9. The maximum Gasteiger partial charge on any atom is 0.345 e. The van der Waals surface area contributed by atoms with E-state index in [1.807, 2.05) is 0 Å². The number of benzene rings is 2. The van der Waals surface area contributed by atoms with Gasteiger partial charge in [-0.2, -0.15) is 0 Å². The molecule has 0 aliphatic rings. The second-order valence-electron chi connectivity index (χ2n) is 5.53. The smallest absolute Gasteiger partial charge is 0.345 e. The van der Waals surface area contributed by atoms with Crippen molar-refractivity contribution in [3.05, 3.63) is 52.1 Å². The Balaban J connectivity index is 2.15. The molecule has 0 heterocycles. The first-order valence-electron chi connectivity index (χ1n) is 8.50. The molecule has 154 valence electrons. The molecule has 2 rings (SSSR count). The van der Waals surface area contributed by atoms with Crippen LogP contribution in [-0.2, 0) is 9.53 Å². The second-order valence-corrected chi connectivity index (χ2v) is 5.53. The number of methoxy groups -OCH3 is 2. The Bertz CT molecular complexity index is 913. The van der Waals surface area contributed by atoms with Gasteiger partial charge in [0.15, 0.2) is 18.1 Å². The second kappa shape index (κ2) is 9.93. The van der Waals surface area contributed by atoms with Crippen LogP contribution in [-0.4, -0.2) is 44.2 Å². The molecule has 0 fully saturated rings. The number of amides is 1. The van der Waals surface area contributed by atoms with Crippen LogP contribution in [0.5, 0.6) is 17.2 Å². The molecular weight excluding hydrogens is 384 g/mol. The summed E-state index contributed by atoms with van der Waals surface area (Å²) in [4.78, 5) is 35.0. The molecule has 2 aromatic rings. The van der Waals surface area contributed by atoms with E-state index in [0.29, 0.717) is 11.4 Å². The van der Waals surface area contributed by atoms with Crippen LogP contribution < -0.4 is 19.5 Å². The van der Waals surface area contributed by atoms with Crippen molar-refractivity contribution in [2.45, 2.75) is 6.92 Å². The fourth-order valence-corrected chi connectivity index (χ4v) is 2.43. The predicted molar refractivity (Wildman–Crippen MR) is 103 cm³/mol. The summed E-state index contributed by atoms with van der Waals surface area (Å²) >= 11 is 0. The van der Waals surface area contributed by atoms with Gasteiger partial charge in [0.2, 0.25) is 0 Å². The summed E-state index contributed by atoms with van der Waals surface area (Å²) in [6.45, 7) is 1.30. The Morgan fingerprint density at radius 3 is 2.38 bits per heavy atom. The number of nitrogens with one attached hydrogen (secondary N) is 1. The first kappa shape index (κ1) is 21.5. The first-order valence-corrected chi connectivity index (χ1v) is 8.50. The third-order valence-electron chi connectivity index (χ3n) is 3.71. The highest BCUT2D eigenvalue weighted by Crippen LogP contribution is 2.35. The van der Waals surface area contributed by atoms with Crippen molar-refractivity contribution >= 4 is 23.3 Å². The van der Waals surface area contributed by atoms with Crippen LogP contribution in [0.25, 0.3) is 0 Å². The van der Waals surface area contributed by atoms with E-state index in [4.69, 9.17) is 18.9 Å². The van der Waals surface area contributed by atoms with Gasteiger partial charge in [-0.3, -0.25) is 14.9 Å². The molecule has 1 amide bonds. The molecule has 0 aliphatic heterocycles. The third-order valence-corrected chi connectivity index (χ3v) is 3.71. The highest BCUT2D eigenvalue weighted by atomic mass is 16.6. The van der Waals surface area contributed by atoms with E-state index in [1.165, 1.54) is 14.2 Å². The van der Waals surface area contributed by atoms with E-state index in [-0.39, 0.29) is 23.7 Å². The van der Waals surface area contributed by atoms with Crippen molar-refractivity contribution in [3.63, 3.8) is 0 Å². The number of esters is 1. The van der Waals surface area contributed by atoms with E-state index >= 15 is 0 Å². The number of anilines is 1. The molecule has 0 unspecified atom stereocenters. The minimum Gasteiger partial charge on any atom is -0.495 e. The third kappa shape index (κ3) is 5.34. The van der Waals surface area contributed by atoms with Gasteiger partial charge in [0, 0.05) is 6.07 Å². The minimum atomic E-state index is -1.05. The lowest BCUT2D eigenvalue weighted by Gasteiger charge is -2.12. The molecule has 29 heavy (non-hydrogen) atoms. The minimum absolute atomic E-state index is 0.118. The van der Waals surface area contributed by atoms with Crippen LogP contribution in [0.3, 0.4) is 0 Å². The average molecular weight is 404 g/mol.